The molecular formula is C8H10O5. The van der Waals surface area contributed by atoms with Crippen LogP contribution in [0.4, 0.5) is 0 Å². The van der Waals surface area contributed by atoms with Gasteiger partial charge < -0.3 is 19.7 Å². The number of carbonyl (C=O) groups is 1. The van der Waals surface area contributed by atoms with Crippen molar-refractivity contribution in [2.24, 2.45) is 0 Å². The Morgan fingerprint density at radius 3 is 2.92 bits per heavy atom. The van der Waals surface area contributed by atoms with E-state index in [0.29, 0.717) is 0 Å². The lowest BCUT2D eigenvalue weighted by Crippen LogP contribution is -2.40. The highest BCUT2D eigenvalue weighted by Crippen LogP contribution is 2.45. The molecule has 2 rings (SSSR count). The summed E-state index contributed by atoms with van der Waals surface area (Å²) in [7, 11) is 0. The normalized spacial score (nSPS) is 38.8. The van der Waals surface area contributed by atoms with Crippen LogP contribution >= 0.6 is 0 Å². The molecule has 2 N–H and O–H groups in total. The van der Waals surface area contributed by atoms with E-state index in [1.165, 1.54) is 6.92 Å². The number of hydrogen-bond donors (Lipinski definition) is 2. The molecule has 1 fully saturated rings. The van der Waals surface area contributed by atoms with Gasteiger partial charge in [0.15, 0.2) is 5.78 Å². The minimum absolute atomic E-state index is 0.184. The van der Waals surface area contributed by atoms with E-state index >= 15 is 0 Å². The molecule has 2 aliphatic rings. The van der Waals surface area contributed by atoms with Gasteiger partial charge in [0.1, 0.15) is 12.4 Å². The van der Waals surface area contributed by atoms with Gasteiger partial charge in [-0.15, -0.1) is 0 Å². The second-order valence-electron chi connectivity index (χ2n) is 3.17. The predicted octanol–water partition coefficient (Wildman–Crippen LogP) is -1.06. The molecule has 0 amide bonds. The van der Waals surface area contributed by atoms with Gasteiger partial charge in [-0.2, -0.15) is 0 Å². The van der Waals surface area contributed by atoms with Gasteiger partial charge in [-0.25, -0.2) is 0 Å². The van der Waals surface area contributed by atoms with E-state index in [0.717, 1.165) is 6.08 Å². The third kappa shape index (κ3) is 1.01. The van der Waals surface area contributed by atoms with Crippen LogP contribution in [0.1, 0.15) is 6.92 Å². The second kappa shape index (κ2) is 2.54. The number of carbonyl (C=O) groups excluding carboxylic acids is 1. The molecule has 3 atom stereocenters. The van der Waals surface area contributed by atoms with Crippen molar-refractivity contribution in [2.45, 2.75) is 24.9 Å². The van der Waals surface area contributed by atoms with Gasteiger partial charge in [0, 0.05) is 6.08 Å². The molecule has 0 aliphatic carbocycles. The minimum atomic E-state index is -1.21. The predicted molar refractivity (Wildman–Crippen MR) is 40.5 cm³/mol. The number of rotatable bonds is 2. The van der Waals surface area contributed by atoms with Crippen molar-refractivity contribution < 1.29 is 24.5 Å². The van der Waals surface area contributed by atoms with Crippen LogP contribution in [0, 0.1) is 0 Å². The number of hydrogen-bond acceptors (Lipinski definition) is 5. The maximum absolute atomic E-state index is 11.4. The molecule has 2 aliphatic heterocycles. The SMILES string of the molecule is C[C@H](O)[C@]12O[C@H]1OC(CO)=CC2=O. The summed E-state index contributed by atoms with van der Waals surface area (Å²) < 4.78 is 10.0. The Bertz CT molecular complexity index is 282. The van der Waals surface area contributed by atoms with Crippen LogP contribution in [0.3, 0.4) is 0 Å². The van der Waals surface area contributed by atoms with E-state index in [1.54, 1.807) is 0 Å². The number of ketones is 1. The standard InChI is InChI=1S/C8H10O5/c1-4(10)8-6(11)2-5(3-9)12-7(8)13-8/h2,4,7,9-10H,3H2,1H3/t4-,7+,8+/m0/s1. The summed E-state index contributed by atoms with van der Waals surface area (Å²) in [5.41, 5.74) is -1.21. The molecule has 5 heteroatoms. The smallest absolute Gasteiger partial charge is 0.240 e. The first-order chi connectivity index (χ1) is 6.11. The van der Waals surface area contributed by atoms with Crippen LogP contribution in [0.2, 0.25) is 0 Å². The van der Waals surface area contributed by atoms with Gasteiger partial charge in [0.25, 0.3) is 0 Å². The lowest BCUT2D eigenvalue weighted by molar-refractivity contribution is -0.124. The summed E-state index contributed by atoms with van der Waals surface area (Å²) in [6.45, 7) is 1.14. The van der Waals surface area contributed by atoms with Gasteiger partial charge in [0.05, 0.1) is 6.10 Å². The van der Waals surface area contributed by atoms with E-state index in [2.05, 4.69) is 0 Å². The fourth-order valence-corrected chi connectivity index (χ4v) is 1.44. The van der Waals surface area contributed by atoms with Crippen molar-refractivity contribution in [3.8, 4) is 0 Å². The van der Waals surface area contributed by atoms with Gasteiger partial charge in [-0.1, -0.05) is 0 Å². The summed E-state index contributed by atoms with van der Waals surface area (Å²) >= 11 is 0. The topological polar surface area (TPSA) is 79.3 Å². The first kappa shape index (κ1) is 8.68. The molecule has 0 saturated carbocycles. The molecular weight excluding hydrogens is 176 g/mol. The number of aliphatic hydroxyl groups excluding tert-OH is 2. The number of epoxide rings is 1. The molecule has 0 aromatic heterocycles. The fourth-order valence-electron chi connectivity index (χ4n) is 1.44. The van der Waals surface area contributed by atoms with E-state index in [1.807, 2.05) is 0 Å². The van der Waals surface area contributed by atoms with E-state index in [-0.39, 0.29) is 18.1 Å². The zero-order valence-corrected chi connectivity index (χ0v) is 7.06. The van der Waals surface area contributed by atoms with Crippen molar-refractivity contribution >= 4 is 5.78 Å². The zero-order chi connectivity index (χ0) is 9.64. The van der Waals surface area contributed by atoms with Crippen molar-refractivity contribution in [2.75, 3.05) is 6.61 Å². The number of ether oxygens (including phenoxy) is 2. The van der Waals surface area contributed by atoms with Gasteiger partial charge in [0.2, 0.25) is 11.9 Å². The third-order valence-electron chi connectivity index (χ3n) is 2.31. The molecule has 1 saturated heterocycles. The molecule has 13 heavy (non-hydrogen) atoms. The van der Waals surface area contributed by atoms with Crippen LogP contribution in [0.5, 0.6) is 0 Å². The molecule has 72 valence electrons. The summed E-state index contributed by atoms with van der Waals surface area (Å²) in [5, 5.41) is 18.0. The lowest BCUT2D eigenvalue weighted by Gasteiger charge is -2.17. The Hall–Kier alpha value is -0.910. The Balaban J connectivity index is 2.24. The van der Waals surface area contributed by atoms with Gasteiger partial charge in [-0.3, -0.25) is 4.79 Å². The molecule has 5 nitrogen and oxygen atoms in total. The molecule has 0 unspecified atom stereocenters. The van der Waals surface area contributed by atoms with Crippen LogP contribution < -0.4 is 0 Å². The fraction of sp³-hybridized carbons (Fsp3) is 0.625. The quantitative estimate of drug-likeness (QED) is 0.537. The first-order valence-electron chi connectivity index (χ1n) is 3.99. The van der Waals surface area contributed by atoms with Gasteiger partial charge >= 0.3 is 0 Å². The molecule has 2 heterocycles. The van der Waals surface area contributed by atoms with E-state index in [9.17, 15) is 9.90 Å². The largest absolute Gasteiger partial charge is 0.463 e. The Morgan fingerprint density at radius 2 is 2.46 bits per heavy atom. The van der Waals surface area contributed by atoms with Crippen molar-refractivity contribution in [1.29, 1.82) is 0 Å². The summed E-state index contributed by atoms with van der Waals surface area (Å²) in [5.74, 6) is -0.161. The first-order valence-corrected chi connectivity index (χ1v) is 3.99. The maximum Gasteiger partial charge on any atom is 0.240 e. The van der Waals surface area contributed by atoms with Crippen molar-refractivity contribution in [3.63, 3.8) is 0 Å². The van der Waals surface area contributed by atoms with Crippen LogP contribution in [0.15, 0.2) is 11.8 Å². The van der Waals surface area contributed by atoms with Crippen molar-refractivity contribution in [1.82, 2.24) is 0 Å². The average molecular weight is 186 g/mol. The molecule has 0 aromatic rings. The Labute approximate surface area is 74.6 Å². The number of aliphatic hydroxyl groups is 2. The van der Waals surface area contributed by atoms with E-state index < -0.39 is 18.0 Å². The van der Waals surface area contributed by atoms with Gasteiger partial charge in [-0.05, 0) is 6.92 Å². The zero-order valence-electron chi connectivity index (χ0n) is 7.06. The maximum atomic E-state index is 11.4. The lowest BCUT2D eigenvalue weighted by atomic mass is 9.96. The average Bonchev–Trinajstić information content (AvgIpc) is 2.80. The molecule has 0 bridgehead atoms. The van der Waals surface area contributed by atoms with E-state index in [4.69, 9.17) is 14.6 Å². The summed E-state index contributed by atoms with van der Waals surface area (Å²) in [6, 6.07) is 0. The summed E-state index contributed by atoms with van der Waals surface area (Å²) in [4.78, 5) is 11.4. The Kier molecular flexibility index (Phi) is 1.69. The van der Waals surface area contributed by atoms with Crippen LogP contribution in [0.25, 0.3) is 0 Å². The highest BCUT2D eigenvalue weighted by Gasteiger charge is 2.69. The molecule has 0 spiro atoms. The van der Waals surface area contributed by atoms with Crippen LogP contribution in [-0.2, 0) is 14.3 Å². The Morgan fingerprint density at radius 1 is 1.77 bits per heavy atom. The summed E-state index contributed by atoms with van der Waals surface area (Å²) in [6.07, 6.45) is -0.468. The third-order valence-corrected chi connectivity index (χ3v) is 2.31. The van der Waals surface area contributed by atoms with Crippen molar-refractivity contribution in [3.05, 3.63) is 11.8 Å². The van der Waals surface area contributed by atoms with Crippen LogP contribution in [-0.4, -0.2) is 40.6 Å². The molecule has 0 radical (unpaired) electrons. The molecule has 0 aromatic carbocycles. The highest BCUT2D eigenvalue weighted by molar-refractivity contribution is 6.01. The monoisotopic (exact) mass is 186 g/mol. The minimum Gasteiger partial charge on any atom is -0.463 e. The highest BCUT2D eigenvalue weighted by atomic mass is 16.8. The number of fused-ring (bicyclic) bond motifs is 1. The second-order valence-corrected chi connectivity index (χ2v) is 3.17.